The first-order chi connectivity index (χ1) is 8.34. The number of hydrogen-bond acceptors (Lipinski definition) is 3. The van der Waals surface area contributed by atoms with E-state index in [1.807, 2.05) is 0 Å². The second-order valence-corrected chi connectivity index (χ2v) is 3.57. The Morgan fingerprint density at radius 2 is 1.94 bits per heavy atom. The second-order valence-electron chi connectivity index (χ2n) is 3.57. The van der Waals surface area contributed by atoms with Crippen molar-refractivity contribution < 1.29 is 22.3 Å². The van der Waals surface area contributed by atoms with Gasteiger partial charge >= 0.3 is 6.18 Å². The van der Waals surface area contributed by atoms with Crippen LogP contribution in [0.3, 0.4) is 0 Å². The maximum Gasteiger partial charge on any atom is 0.433 e. The third kappa shape index (κ3) is 1.92. The highest BCUT2D eigenvalue weighted by Gasteiger charge is 2.33. The zero-order valence-electron chi connectivity index (χ0n) is 9.18. The van der Waals surface area contributed by atoms with Gasteiger partial charge in [0.15, 0.2) is 0 Å². The lowest BCUT2D eigenvalue weighted by Crippen LogP contribution is -2.10. The van der Waals surface area contributed by atoms with Gasteiger partial charge in [0.2, 0.25) is 0 Å². The average molecular weight is 260 g/mol. The smallest absolute Gasteiger partial charge is 0.433 e. The van der Waals surface area contributed by atoms with Crippen LogP contribution in [0.15, 0.2) is 18.2 Å². The Morgan fingerprint density at radius 3 is 2.50 bits per heavy atom. The molecule has 0 aliphatic rings. The molecule has 0 radical (unpaired) electrons. The number of rotatable bonds is 1. The van der Waals surface area contributed by atoms with Crippen molar-refractivity contribution in [2.45, 2.75) is 6.18 Å². The molecule has 0 fully saturated rings. The molecule has 0 aliphatic carbocycles. The van der Waals surface area contributed by atoms with Gasteiger partial charge in [-0.15, -0.1) is 0 Å². The molecule has 0 spiro atoms. The van der Waals surface area contributed by atoms with Gasteiger partial charge in [-0.3, -0.25) is 0 Å². The van der Waals surface area contributed by atoms with Crippen LogP contribution in [0.2, 0.25) is 0 Å². The Kier molecular flexibility index (Phi) is 2.76. The first-order valence-corrected chi connectivity index (χ1v) is 4.84. The Labute approximate surface area is 99.2 Å². The molecular weight excluding hydrogens is 252 g/mol. The van der Waals surface area contributed by atoms with E-state index < -0.39 is 23.2 Å². The van der Waals surface area contributed by atoms with Crippen LogP contribution in [-0.2, 0) is 6.18 Å². The Bertz CT molecular complexity index is 610. The molecule has 0 saturated carbocycles. The molecular formula is C11H8F4N2O. The third-order valence-electron chi connectivity index (χ3n) is 2.41. The SMILES string of the molecule is COc1ccc(F)c2nc(C(F)(F)F)cc(N)c12. The molecule has 0 aliphatic heterocycles. The van der Waals surface area contributed by atoms with Crippen molar-refractivity contribution >= 4 is 16.6 Å². The molecule has 2 rings (SSSR count). The summed E-state index contributed by atoms with van der Waals surface area (Å²) in [5.74, 6) is -0.714. The lowest BCUT2D eigenvalue weighted by molar-refractivity contribution is -0.140. The number of nitrogens with two attached hydrogens (primary N) is 1. The number of methoxy groups -OCH3 is 1. The number of anilines is 1. The van der Waals surface area contributed by atoms with Crippen LogP contribution in [0, 0.1) is 5.82 Å². The lowest BCUT2D eigenvalue weighted by atomic mass is 10.1. The van der Waals surface area contributed by atoms with Crippen LogP contribution in [0.4, 0.5) is 23.2 Å². The van der Waals surface area contributed by atoms with Crippen LogP contribution < -0.4 is 10.5 Å². The van der Waals surface area contributed by atoms with Gasteiger partial charge < -0.3 is 10.5 Å². The van der Waals surface area contributed by atoms with E-state index in [-0.39, 0.29) is 16.8 Å². The van der Waals surface area contributed by atoms with Crippen molar-refractivity contribution in [3.8, 4) is 5.75 Å². The van der Waals surface area contributed by atoms with Crippen molar-refractivity contribution in [3.05, 3.63) is 29.7 Å². The van der Waals surface area contributed by atoms with Gasteiger partial charge in [0.05, 0.1) is 12.5 Å². The summed E-state index contributed by atoms with van der Waals surface area (Å²) in [6, 6.07) is 2.92. The molecule has 0 atom stereocenters. The molecule has 1 aromatic carbocycles. The third-order valence-corrected chi connectivity index (χ3v) is 2.41. The Balaban J connectivity index is 2.85. The highest BCUT2D eigenvalue weighted by Crippen LogP contribution is 2.36. The number of nitrogens with zero attached hydrogens (tertiary/aromatic N) is 1. The van der Waals surface area contributed by atoms with E-state index in [0.29, 0.717) is 6.07 Å². The van der Waals surface area contributed by atoms with E-state index in [1.165, 1.54) is 13.2 Å². The fraction of sp³-hybridized carbons (Fsp3) is 0.182. The molecule has 96 valence electrons. The molecule has 2 aromatic rings. The van der Waals surface area contributed by atoms with Crippen LogP contribution >= 0.6 is 0 Å². The highest BCUT2D eigenvalue weighted by atomic mass is 19.4. The fourth-order valence-electron chi connectivity index (χ4n) is 1.62. The Morgan fingerprint density at radius 1 is 1.28 bits per heavy atom. The summed E-state index contributed by atoms with van der Waals surface area (Å²) in [5, 5.41) is 0.0329. The van der Waals surface area contributed by atoms with E-state index in [1.54, 1.807) is 0 Å². The number of hydrogen-bond donors (Lipinski definition) is 1. The molecule has 2 N–H and O–H groups in total. The minimum Gasteiger partial charge on any atom is -0.496 e. The summed E-state index contributed by atoms with van der Waals surface area (Å²) in [6.45, 7) is 0. The van der Waals surface area contributed by atoms with E-state index in [9.17, 15) is 17.6 Å². The van der Waals surface area contributed by atoms with E-state index in [2.05, 4.69) is 4.98 Å². The first-order valence-electron chi connectivity index (χ1n) is 4.84. The van der Waals surface area contributed by atoms with E-state index >= 15 is 0 Å². The highest BCUT2D eigenvalue weighted by molar-refractivity contribution is 5.96. The molecule has 0 amide bonds. The van der Waals surface area contributed by atoms with Crippen molar-refractivity contribution in [3.63, 3.8) is 0 Å². The maximum atomic E-state index is 13.5. The second kappa shape index (κ2) is 4.01. The van der Waals surface area contributed by atoms with Gasteiger partial charge in [-0.1, -0.05) is 0 Å². The van der Waals surface area contributed by atoms with Gasteiger partial charge in [0.1, 0.15) is 22.8 Å². The number of benzene rings is 1. The van der Waals surface area contributed by atoms with Gasteiger partial charge in [-0.25, -0.2) is 9.37 Å². The van der Waals surface area contributed by atoms with Crippen LogP contribution in [0.1, 0.15) is 5.69 Å². The molecule has 1 heterocycles. The van der Waals surface area contributed by atoms with Crippen molar-refractivity contribution in [1.29, 1.82) is 0 Å². The van der Waals surface area contributed by atoms with Crippen molar-refractivity contribution in [2.24, 2.45) is 0 Å². The molecule has 1 aromatic heterocycles. The molecule has 0 saturated heterocycles. The van der Waals surface area contributed by atoms with Gasteiger partial charge in [0.25, 0.3) is 0 Å². The average Bonchev–Trinajstić information content (AvgIpc) is 2.29. The molecule has 7 heteroatoms. The van der Waals surface area contributed by atoms with Gasteiger partial charge in [-0.05, 0) is 18.2 Å². The summed E-state index contributed by atoms with van der Waals surface area (Å²) in [7, 11) is 1.31. The fourth-order valence-corrected chi connectivity index (χ4v) is 1.62. The number of nitrogen functional groups attached to an aromatic ring is 1. The largest absolute Gasteiger partial charge is 0.496 e. The van der Waals surface area contributed by atoms with E-state index in [4.69, 9.17) is 10.5 Å². The lowest BCUT2D eigenvalue weighted by Gasteiger charge is -2.12. The number of alkyl halides is 3. The quantitative estimate of drug-likeness (QED) is 0.802. The van der Waals surface area contributed by atoms with Crippen LogP contribution in [0.25, 0.3) is 10.9 Å². The number of halogens is 4. The zero-order valence-corrected chi connectivity index (χ0v) is 9.18. The summed E-state index contributed by atoms with van der Waals surface area (Å²) >= 11 is 0. The number of ether oxygens (including phenoxy) is 1. The summed E-state index contributed by atoms with van der Waals surface area (Å²) in [6.07, 6.45) is -4.68. The minimum atomic E-state index is -4.68. The van der Waals surface area contributed by atoms with Gasteiger partial charge in [-0.2, -0.15) is 13.2 Å². The van der Waals surface area contributed by atoms with E-state index in [0.717, 1.165) is 6.07 Å². The summed E-state index contributed by atoms with van der Waals surface area (Å²) < 4.78 is 56.0. The summed E-state index contributed by atoms with van der Waals surface area (Å²) in [5.41, 5.74) is 3.59. The molecule has 3 nitrogen and oxygen atoms in total. The van der Waals surface area contributed by atoms with Crippen molar-refractivity contribution in [1.82, 2.24) is 4.98 Å². The predicted octanol–water partition coefficient (Wildman–Crippen LogP) is 2.98. The maximum absolute atomic E-state index is 13.5. The number of fused-ring (bicyclic) bond motifs is 1. The van der Waals surface area contributed by atoms with Crippen molar-refractivity contribution in [2.75, 3.05) is 12.8 Å². The normalized spacial score (nSPS) is 11.8. The topological polar surface area (TPSA) is 48.1 Å². The number of pyridine rings is 1. The first kappa shape index (κ1) is 12.4. The minimum absolute atomic E-state index is 0.0329. The Hall–Kier alpha value is -2.05. The standard InChI is InChI=1S/C11H8F4N2O/c1-18-7-3-2-5(12)10-9(7)6(16)4-8(17-10)11(13,14)15/h2-4H,1H3,(H2,16,17). The predicted molar refractivity (Wildman–Crippen MR) is 57.7 cm³/mol. The molecule has 0 bridgehead atoms. The zero-order chi connectivity index (χ0) is 13.5. The number of aromatic nitrogens is 1. The van der Waals surface area contributed by atoms with Crippen LogP contribution in [-0.4, -0.2) is 12.1 Å². The monoisotopic (exact) mass is 260 g/mol. The molecule has 0 unspecified atom stereocenters. The van der Waals surface area contributed by atoms with Crippen LogP contribution in [0.5, 0.6) is 5.75 Å². The summed E-state index contributed by atoms with van der Waals surface area (Å²) in [4.78, 5) is 3.26. The van der Waals surface area contributed by atoms with Gasteiger partial charge in [0, 0.05) is 5.69 Å². The molecule has 18 heavy (non-hydrogen) atoms.